The van der Waals surface area contributed by atoms with Gasteiger partial charge in [0, 0.05) is 6.54 Å². The molecule has 1 aliphatic heterocycles. The van der Waals surface area contributed by atoms with E-state index in [9.17, 15) is 4.79 Å². The highest BCUT2D eigenvalue weighted by molar-refractivity contribution is 7.16. The molecule has 24 heavy (non-hydrogen) atoms. The summed E-state index contributed by atoms with van der Waals surface area (Å²) in [5.41, 5.74) is 1.10. The van der Waals surface area contributed by atoms with Gasteiger partial charge in [-0.25, -0.2) is 0 Å². The maximum atomic E-state index is 12.1. The van der Waals surface area contributed by atoms with Gasteiger partial charge in [0.2, 0.25) is 0 Å². The van der Waals surface area contributed by atoms with Gasteiger partial charge in [0.15, 0.2) is 0 Å². The first-order chi connectivity index (χ1) is 11.3. The van der Waals surface area contributed by atoms with E-state index in [0.717, 1.165) is 23.2 Å². The first-order valence-electron chi connectivity index (χ1n) is 9.15. The summed E-state index contributed by atoms with van der Waals surface area (Å²) in [7, 11) is 0. The molecule has 0 radical (unpaired) electrons. The summed E-state index contributed by atoms with van der Waals surface area (Å²) in [6.07, 6.45) is 10.5. The Bertz CT molecular complexity index is 659. The predicted octanol–water partition coefficient (Wildman–Crippen LogP) is 4.92. The van der Waals surface area contributed by atoms with Crippen molar-refractivity contribution in [1.29, 1.82) is 0 Å². The number of thiazole rings is 1. The Morgan fingerprint density at radius 1 is 0.875 bits per heavy atom. The van der Waals surface area contributed by atoms with Gasteiger partial charge in [-0.3, -0.25) is 9.36 Å². The number of likely N-dealkylation sites (tertiary alicyclic amines) is 1. The Hall–Kier alpha value is -0.840. The van der Waals surface area contributed by atoms with Gasteiger partial charge in [0.1, 0.15) is 0 Å². The van der Waals surface area contributed by atoms with Gasteiger partial charge in [-0.05, 0) is 57.5 Å². The predicted molar refractivity (Wildman–Crippen MR) is 107 cm³/mol. The van der Waals surface area contributed by atoms with Crippen LogP contribution in [0, 0.1) is 0 Å². The van der Waals surface area contributed by atoms with Crippen LogP contribution in [0.2, 0.25) is 0 Å². The molecule has 134 valence electrons. The fourth-order valence-electron chi connectivity index (χ4n) is 3.54. The van der Waals surface area contributed by atoms with Crippen LogP contribution < -0.4 is 4.87 Å². The van der Waals surface area contributed by atoms with Gasteiger partial charge in [0.05, 0.1) is 10.2 Å². The Balaban J connectivity index is 0.00000208. The number of fused-ring (bicyclic) bond motifs is 1. The summed E-state index contributed by atoms with van der Waals surface area (Å²) >= 11 is 1.37. The maximum Gasteiger partial charge on any atom is 0.308 e. The van der Waals surface area contributed by atoms with Crippen molar-refractivity contribution in [3.8, 4) is 0 Å². The number of aryl methyl sites for hydroxylation is 1. The molecule has 3 nitrogen and oxygen atoms in total. The zero-order valence-electron chi connectivity index (χ0n) is 14.4. The van der Waals surface area contributed by atoms with E-state index in [2.05, 4.69) is 11.0 Å². The molecule has 0 unspecified atom stereocenters. The molecule has 5 heteroatoms. The lowest BCUT2D eigenvalue weighted by Gasteiger charge is -2.19. The molecule has 0 aliphatic carbocycles. The first kappa shape index (κ1) is 19.5. The van der Waals surface area contributed by atoms with Crippen LogP contribution in [0.25, 0.3) is 10.2 Å². The lowest BCUT2D eigenvalue weighted by Crippen LogP contribution is -2.25. The number of benzene rings is 1. The van der Waals surface area contributed by atoms with Crippen LogP contribution in [0.15, 0.2) is 29.1 Å². The zero-order valence-corrected chi connectivity index (χ0v) is 16.0. The summed E-state index contributed by atoms with van der Waals surface area (Å²) in [5, 5.41) is 0. The quantitative estimate of drug-likeness (QED) is 0.648. The van der Waals surface area contributed by atoms with Gasteiger partial charge in [-0.15, -0.1) is 12.4 Å². The third-order valence-electron chi connectivity index (χ3n) is 4.88. The van der Waals surface area contributed by atoms with E-state index in [-0.39, 0.29) is 17.3 Å². The largest absolute Gasteiger partial charge is 0.308 e. The van der Waals surface area contributed by atoms with Crippen LogP contribution in [0.4, 0.5) is 0 Å². The van der Waals surface area contributed by atoms with Crippen molar-refractivity contribution in [2.24, 2.45) is 0 Å². The van der Waals surface area contributed by atoms with Gasteiger partial charge >= 0.3 is 4.87 Å². The average molecular weight is 369 g/mol. The number of hydrogen-bond acceptors (Lipinski definition) is 3. The van der Waals surface area contributed by atoms with Crippen molar-refractivity contribution in [3.05, 3.63) is 33.9 Å². The molecule has 1 aromatic heterocycles. The molecule has 0 saturated carbocycles. The number of halogens is 1. The van der Waals surface area contributed by atoms with Crippen molar-refractivity contribution < 1.29 is 0 Å². The minimum atomic E-state index is 0. The molecule has 0 spiro atoms. The topological polar surface area (TPSA) is 25.2 Å². The van der Waals surface area contributed by atoms with Crippen molar-refractivity contribution in [1.82, 2.24) is 9.47 Å². The summed E-state index contributed by atoms with van der Waals surface area (Å²) in [5.74, 6) is 0. The van der Waals surface area contributed by atoms with Crippen LogP contribution >= 0.6 is 23.7 Å². The minimum Gasteiger partial charge on any atom is -0.303 e. The Kier molecular flexibility index (Phi) is 8.30. The molecular formula is C19H29ClN2OS. The fourth-order valence-corrected chi connectivity index (χ4v) is 4.46. The van der Waals surface area contributed by atoms with Gasteiger partial charge in [-0.1, -0.05) is 49.2 Å². The molecule has 1 fully saturated rings. The SMILES string of the molecule is Cl.O=c1sc2ccccc2n1CCCCCCN1CCCCCC1. The Morgan fingerprint density at radius 2 is 1.54 bits per heavy atom. The molecule has 0 atom stereocenters. The summed E-state index contributed by atoms with van der Waals surface area (Å²) in [4.78, 5) is 14.9. The monoisotopic (exact) mass is 368 g/mol. The Labute approximate surface area is 155 Å². The van der Waals surface area contributed by atoms with Crippen LogP contribution in [0.1, 0.15) is 51.4 Å². The lowest BCUT2D eigenvalue weighted by atomic mass is 10.2. The lowest BCUT2D eigenvalue weighted by molar-refractivity contribution is 0.277. The Morgan fingerprint density at radius 3 is 2.29 bits per heavy atom. The molecule has 0 bridgehead atoms. The molecule has 0 amide bonds. The number of aromatic nitrogens is 1. The second kappa shape index (κ2) is 10.2. The number of para-hydroxylation sites is 1. The van der Waals surface area contributed by atoms with E-state index in [0.29, 0.717) is 0 Å². The second-order valence-electron chi connectivity index (χ2n) is 6.66. The number of nitrogens with zero attached hydrogens (tertiary/aromatic N) is 2. The average Bonchev–Trinajstić information content (AvgIpc) is 2.74. The summed E-state index contributed by atoms with van der Waals surface area (Å²) < 4.78 is 3.06. The third-order valence-corrected chi connectivity index (χ3v) is 5.84. The minimum absolute atomic E-state index is 0. The van der Waals surface area contributed by atoms with Crippen molar-refractivity contribution in [2.75, 3.05) is 19.6 Å². The van der Waals surface area contributed by atoms with E-state index in [1.54, 1.807) is 0 Å². The van der Waals surface area contributed by atoms with Crippen molar-refractivity contribution in [2.45, 2.75) is 57.9 Å². The maximum absolute atomic E-state index is 12.1. The van der Waals surface area contributed by atoms with E-state index in [1.807, 2.05) is 22.8 Å². The fraction of sp³-hybridized carbons (Fsp3) is 0.632. The van der Waals surface area contributed by atoms with Crippen LogP contribution in [-0.4, -0.2) is 29.1 Å². The second-order valence-corrected chi connectivity index (χ2v) is 7.65. The smallest absolute Gasteiger partial charge is 0.303 e. The summed E-state index contributed by atoms with van der Waals surface area (Å²) in [6.45, 7) is 4.74. The highest BCUT2D eigenvalue weighted by Gasteiger charge is 2.08. The van der Waals surface area contributed by atoms with Crippen LogP contribution in [-0.2, 0) is 6.54 Å². The van der Waals surface area contributed by atoms with Crippen molar-refractivity contribution in [3.63, 3.8) is 0 Å². The van der Waals surface area contributed by atoms with E-state index in [1.165, 1.54) is 75.9 Å². The molecule has 2 aromatic rings. The number of hydrogen-bond donors (Lipinski definition) is 0. The van der Waals surface area contributed by atoms with Crippen molar-refractivity contribution >= 4 is 34.0 Å². The molecule has 2 heterocycles. The molecule has 1 aliphatic rings. The standard InChI is InChI=1S/C19H28N2OS.ClH/c22-19-21(17-11-5-6-12-18(17)23-19)16-10-4-3-9-15-20-13-7-1-2-8-14-20;/h5-6,11-12H,1-4,7-10,13-16H2;1H. The number of rotatable bonds is 7. The van der Waals surface area contributed by atoms with Gasteiger partial charge in [-0.2, -0.15) is 0 Å². The van der Waals surface area contributed by atoms with E-state index in [4.69, 9.17) is 0 Å². The molecule has 3 rings (SSSR count). The highest BCUT2D eigenvalue weighted by Crippen LogP contribution is 2.17. The highest BCUT2D eigenvalue weighted by atomic mass is 35.5. The van der Waals surface area contributed by atoms with Gasteiger partial charge < -0.3 is 4.90 Å². The molecular weight excluding hydrogens is 340 g/mol. The number of unbranched alkanes of at least 4 members (excludes halogenated alkanes) is 3. The van der Waals surface area contributed by atoms with Crippen LogP contribution in [0.5, 0.6) is 0 Å². The zero-order chi connectivity index (χ0) is 15.9. The third kappa shape index (κ3) is 5.33. The van der Waals surface area contributed by atoms with E-state index < -0.39 is 0 Å². The molecule has 1 aromatic carbocycles. The normalized spacial score (nSPS) is 16.0. The summed E-state index contributed by atoms with van der Waals surface area (Å²) in [6, 6.07) is 8.13. The van der Waals surface area contributed by atoms with Crippen LogP contribution in [0.3, 0.4) is 0 Å². The first-order valence-corrected chi connectivity index (χ1v) is 9.97. The van der Waals surface area contributed by atoms with E-state index >= 15 is 0 Å². The molecule has 0 N–H and O–H groups in total. The molecule has 1 saturated heterocycles. The van der Waals surface area contributed by atoms with Gasteiger partial charge in [0.25, 0.3) is 0 Å².